The van der Waals surface area contributed by atoms with E-state index in [-0.39, 0.29) is 25.1 Å². The fraction of sp³-hybridized carbons (Fsp3) is 0.474. The van der Waals surface area contributed by atoms with E-state index < -0.39 is 11.9 Å². The lowest BCUT2D eigenvalue weighted by Gasteiger charge is -2.25. The van der Waals surface area contributed by atoms with Gasteiger partial charge in [0.2, 0.25) is 0 Å². The van der Waals surface area contributed by atoms with Gasteiger partial charge in [-0.25, -0.2) is 4.79 Å². The Kier molecular flexibility index (Phi) is 7.98. The molecule has 0 N–H and O–H groups in total. The lowest BCUT2D eigenvalue weighted by atomic mass is 9.82. The molecule has 6 heteroatoms. The van der Waals surface area contributed by atoms with Gasteiger partial charge in [0.1, 0.15) is 11.5 Å². The van der Waals surface area contributed by atoms with Crippen molar-refractivity contribution in [1.82, 2.24) is 0 Å². The molecule has 0 aliphatic carbocycles. The smallest absolute Gasteiger partial charge is 0.344 e. The van der Waals surface area contributed by atoms with E-state index in [0.717, 1.165) is 11.1 Å². The SMILES string of the molecule is C=C(C)[C@@H](c1ccc(OC)cc1OCC(=O)OCC)[C@H](C)C(=O)OC. The van der Waals surface area contributed by atoms with Crippen molar-refractivity contribution in [2.45, 2.75) is 26.7 Å². The minimum absolute atomic E-state index is 0.233. The van der Waals surface area contributed by atoms with Gasteiger partial charge in [-0.2, -0.15) is 0 Å². The Hall–Kier alpha value is -2.50. The first-order valence-electron chi connectivity index (χ1n) is 8.05. The van der Waals surface area contributed by atoms with Gasteiger partial charge < -0.3 is 18.9 Å². The summed E-state index contributed by atoms with van der Waals surface area (Å²) in [6, 6.07) is 5.25. The van der Waals surface area contributed by atoms with Gasteiger partial charge in [-0.3, -0.25) is 4.79 Å². The fourth-order valence-electron chi connectivity index (χ4n) is 2.65. The first-order chi connectivity index (χ1) is 11.8. The first kappa shape index (κ1) is 20.5. The minimum atomic E-state index is -0.468. The number of rotatable bonds is 9. The summed E-state index contributed by atoms with van der Waals surface area (Å²) in [5.41, 5.74) is 1.51. The number of esters is 2. The van der Waals surface area contributed by atoms with E-state index >= 15 is 0 Å². The molecule has 0 aliphatic rings. The maximum atomic E-state index is 12.0. The zero-order chi connectivity index (χ0) is 19.0. The number of benzene rings is 1. The summed E-state index contributed by atoms with van der Waals surface area (Å²) in [6.07, 6.45) is 0. The lowest BCUT2D eigenvalue weighted by Crippen LogP contribution is -2.23. The van der Waals surface area contributed by atoms with Crippen molar-refractivity contribution in [2.75, 3.05) is 27.4 Å². The fourth-order valence-corrected chi connectivity index (χ4v) is 2.65. The Morgan fingerprint density at radius 3 is 2.44 bits per heavy atom. The van der Waals surface area contributed by atoms with Crippen molar-refractivity contribution in [1.29, 1.82) is 0 Å². The molecule has 0 bridgehead atoms. The second kappa shape index (κ2) is 9.71. The Balaban J connectivity index is 3.23. The number of methoxy groups -OCH3 is 2. The zero-order valence-electron chi connectivity index (χ0n) is 15.5. The quantitative estimate of drug-likeness (QED) is 0.503. The molecule has 0 fully saturated rings. The van der Waals surface area contributed by atoms with E-state index in [1.165, 1.54) is 14.2 Å². The topological polar surface area (TPSA) is 71.1 Å². The standard InChI is InChI=1S/C19H26O6/c1-7-24-17(20)11-25-16-10-14(22-5)8-9-15(16)18(12(2)3)13(4)19(21)23-6/h8-10,13,18H,2,7,11H2,1,3-6H3/t13-,18+/m0/s1. The molecule has 0 aromatic heterocycles. The third kappa shape index (κ3) is 5.52. The van der Waals surface area contributed by atoms with Gasteiger partial charge in [0.15, 0.2) is 6.61 Å². The molecule has 0 amide bonds. The Morgan fingerprint density at radius 2 is 1.92 bits per heavy atom. The lowest BCUT2D eigenvalue weighted by molar-refractivity contribution is -0.146. The molecule has 6 nitrogen and oxygen atoms in total. The number of hydrogen-bond donors (Lipinski definition) is 0. The molecule has 0 saturated carbocycles. The number of ether oxygens (including phenoxy) is 4. The number of allylic oxidation sites excluding steroid dienone is 1. The molecule has 0 aliphatic heterocycles. The summed E-state index contributed by atoms with van der Waals surface area (Å²) in [5, 5.41) is 0. The van der Waals surface area contributed by atoms with Gasteiger partial charge >= 0.3 is 11.9 Å². The summed E-state index contributed by atoms with van der Waals surface area (Å²) in [6.45, 7) is 9.37. The molecule has 2 atom stereocenters. The average molecular weight is 350 g/mol. The summed E-state index contributed by atoms with van der Waals surface area (Å²) >= 11 is 0. The Labute approximate surface area is 148 Å². The van der Waals surface area contributed by atoms with Crippen LogP contribution in [0, 0.1) is 5.92 Å². The summed E-state index contributed by atoms with van der Waals surface area (Å²) in [4.78, 5) is 23.6. The van der Waals surface area contributed by atoms with Crippen LogP contribution in [0.4, 0.5) is 0 Å². The molecule has 1 aromatic rings. The average Bonchev–Trinajstić information content (AvgIpc) is 2.59. The van der Waals surface area contributed by atoms with Crippen LogP contribution < -0.4 is 9.47 Å². The molecule has 25 heavy (non-hydrogen) atoms. The van der Waals surface area contributed by atoms with Crippen LogP contribution in [0.5, 0.6) is 11.5 Å². The number of hydrogen-bond acceptors (Lipinski definition) is 6. The van der Waals surface area contributed by atoms with Gasteiger partial charge in [-0.05, 0) is 19.9 Å². The molecule has 138 valence electrons. The van der Waals surface area contributed by atoms with Crippen molar-refractivity contribution in [3.05, 3.63) is 35.9 Å². The van der Waals surface area contributed by atoms with E-state index in [1.54, 1.807) is 32.0 Å². The molecular formula is C19H26O6. The van der Waals surface area contributed by atoms with E-state index in [2.05, 4.69) is 6.58 Å². The molecule has 0 heterocycles. The highest BCUT2D eigenvalue weighted by molar-refractivity contribution is 5.74. The van der Waals surface area contributed by atoms with Gasteiger partial charge in [-0.1, -0.05) is 25.1 Å². The third-order valence-corrected chi connectivity index (χ3v) is 3.81. The molecule has 0 radical (unpaired) electrons. The van der Waals surface area contributed by atoms with Crippen LogP contribution >= 0.6 is 0 Å². The summed E-state index contributed by atoms with van der Waals surface area (Å²) in [7, 11) is 2.89. The van der Waals surface area contributed by atoms with E-state index in [1.807, 2.05) is 6.92 Å². The largest absolute Gasteiger partial charge is 0.497 e. The first-order valence-corrected chi connectivity index (χ1v) is 8.05. The maximum absolute atomic E-state index is 12.0. The van der Waals surface area contributed by atoms with Gasteiger partial charge in [0, 0.05) is 17.5 Å². The number of carbonyl (C=O) groups is 2. The normalized spacial score (nSPS) is 12.7. The monoisotopic (exact) mass is 350 g/mol. The molecular weight excluding hydrogens is 324 g/mol. The molecule has 0 spiro atoms. The van der Waals surface area contributed by atoms with Crippen molar-refractivity contribution < 1.29 is 28.5 Å². The van der Waals surface area contributed by atoms with Crippen molar-refractivity contribution in [3.63, 3.8) is 0 Å². The van der Waals surface area contributed by atoms with Gasteiger partial charge in [0.25, 0.3) is 0 Å². The van der Waals surface area contributed by atoms with E-state index in [0.29, 0.717) is 11.5 Å². The second-order valence-corrected chi connectivity index (χ2v) is 5.63. The van der Waals surface area contributed by atoms with Crippen LogP contribution in [0.25, 0.3) is 0 Å². The Bertz CT molecular complexity index is 622. The van der Waals surface area contributed by atoms with Crippen LogP contribution in [0.2, 0.25) is 0 Å². The highest BCUT2D eigenvalue weighted by Crippen LogP contribution is 2.39. The van der Waals surface area contributed by atoms with Crippen LogP contribution in [0.3, 0.4) is 0 Å². The third-order valence-electron chi connectivity index (χ3n) is 3.81. The molecule has 0 unspecified atom stereocenters. The van der Waals surface area contributed by atoms with Crippen molar-refractivity contribution in [2.24, 2.45) is 5.92 Å². The van der Waals surface area contributed by atoms with Crippen LogP contribution in [0.15, 0.2) is 30.4 Å². The molecule has 1 rings (SSSR count). The maximum Gasteiger partial charge on any atom is 0.344 e. The highest BCUT2D eigenvalue weighted by Gasteiger charge is 2.29. The van der Waals surface area contributed by atoms with E-state index in [4.69, 9.17) is 18.9 Å². The molecule has 0 saturated heterocycles. The summed E-state index contributed by atoms with van der Waals surface area (Å²) < 4.78 is 20.6. The van der Waals surface area contributed by atoms with Gasteiger partial charge in [0.05, 0.1) is 26.7 Å². The van der Waals surface area contributed by atoms with Crippen molar-refractivity contribution >= 4 is 11.9 Å². The van der Waals surface area contributed by atoms with Crippen LogP contribution in [0.1, 0.15) is 32.3 Å². The predicted molar refractivity (Wildman–Crippen MR) is 93.9 cm³/mol. The predicted octanol–water partition coefficient (Wildman–Crippen LogP) is 3.11. The van der Waals surface area contributed by atoms with Gasteiger partial charge in [-0.15, -0.1) is 0 Å². The highest BCUT2D eigenvalue weighted by atomic mass is 16.6. The zero-order valence-corrected chi connectivity index (χ0v) is 15.5. The van der Waals surface area contributed by atoms with Crippen molar-refractivity contribution in [3.8, 4) is 11.5 Å². The van der Waals surface area contributed by atoms with E-state index in [9.17, 15) is 9.59 Å². The summed E-state index contributed by atoms with van der Waals surface area (Å²) in [5.74, 6) is -0.578. The molecule has 1 aromatic carbocycles. The minimum Gasteiger partial charge on any atom is -0.497 e. The van der Waals surface area contributed by atoms with Crippen LogP contribution in [-0.4, -0.2) is 39.4 Å². The van der Waals surface area contributed by atoms with Crippen LogP contribution in [-0.2, 0) is 19.1 Å². The number of carbonyl (C=O) groups excluding carboxylic acids is 2. The Morgan fingerprint density at radius 1 is 1.24 bits per heavy atom. The second-order valence-electron chi connectivity index (χ2n) is 5.63.